The number of anilines is 1. The monoisotopic (exact) mass is 326 g/mol. The van der Waals surface area contributed by atoms with Crippen LogP contribution in [0, 0.1) is 0 Å². The molecule has 2 amide bonds. The van der Waals surface area contributed by atoms with Gasteiger partial charge >= 0.3 is 0 Å². The summed E-state index contributed by atoms with van der Waals surface area (Å²) in [7, 11) is 1.53. The van der Waals surface area contributed by atoms with Crippen molar-refractivity contribution in [2.24, 2.45) is 0 Å². The highest BCUT2D eigenvalue weighted by Crippen LogP contribution is 2.27. The fourth-order valence-electron chi connectivity index (χ4n) is 2.00. The van der Waals surface area contributed by atoms with Crippen molar-refractivity contribution in [3.63, 3.8) is 0 Å². The van der Waals surface area contributed by atoms with Gasteiger partial charge in [0.15, 0.2) is 0 Å². The molecule has 5 nitrogen and oxygen atoms in total. The lowest BCUT2D eigenvalue weighted by Crippen LogP contribution is -2.32. The molecule has 0 aliphatic carbocycles. The molecule has 0 saturated heterocycles. The topological polar surface area (TPSA) is 58.6 Å². The quantitative estimate of drug-likeness (QED) is 0.797. The van der Waals surface area contributed by atoms with Crippen LogP contribution in [-0.4, -0.2) is 36.9 Å². The molecular weight excluding hydrogens is 304 g/mol. The molecule has 22 heavy (non-hydrogen) atoms. The number of hydrogen-bond donors (Lipinski definition) is 1. The fraction of sp³-hybridized carbons (Fsp3) is 0.500. The summed E-state index contributed by atoms with van der Waals surface area (Å²) in [4.78, 5) is 25.3. The van der Waals surface area contributed by atoms with E-state index in [1.807, 2.05) is 0 Å². The third-order valence-corrected chi connectivity index (χ3v) is 3.51. The van der Waals surface area contributed by atoms with Crippen molar-refractivity contribution in [1.29, 1.82) is 0 Å². The number of ether oxygens (including phenoxy) is 1. The number of nitrogens with zero attached hydrogens (tertiary/aromatic N) is 1. The number of methoxy groups -OCH3 is 1. The maximum atomic E-state index is 12.0. The van der Waals surface area contributed by atoms with Crippen molar-refractivity contribution >= 4 is 29.1 Å². The van der Waals surface area contributed by atoms with Crippen molar-refractivity contribution in [2.75, 3.05) is 25.5 Å². The predicted molar refractivity (Wildman–Crippen MR) is 88.4 cm³/mol. The number of unbranched alkanes of at least 4 members (excludes halogenated alkanes) is 1. The molecule has 0 saturated carbocycles. The second kappa shape index (κ2) is 9.30. The Bertz CT molecular complexity index is 520. The average Bonchev–Trinajstić information content (AvgIpc) is 2.47. The third-order valence-electron chi connectivity index (χ3n) is 3.27. The van der Waals surface area contributed by atoms with Gasteiger partial charge in [-0.15, -0.1) is 0 Å². The smallest absolute Gasteiger partial charge is 0.226 e. The molecule has 0 aromatic heterocycles. The van der Waals surface area contributed by atoms with Gasteiger partial charge in [0.05, 0.1) is 12.8 Å². The zero-order valence-electron chi connectivity index (χ0n) is 13.3. The Balaban J connectivity index is 2.58. The number of nitrogens with one attached hydrogen (secondary N) is 1. The SMILES string of the molecule is CCCCN(CCC(=O)Nc1cc(Cl)ccc1OC)C(C)=O. The number of amides is 2. The summed E-state index contributed by atoms with van der Waals surface area (Å²) in [6, 6.07) is 5.03. The Kier molecular flexibility index (Phi) is 7.74. The molecule has 0 atom stereocenters. The molecule has 1 N–H and O–H groups in total. The summed E-state index contributed by atoms with van der Waals surface area (Å²) < 4.78 is 5.18. The van der Waals surface area contributed by atoms with Gasteiger partial charge in [0.25, 0.3) is 0 Å². The van der Waals surface area contributed by atoms with Gasteiger partial charge in [-0.05, 0) is 24.6 Å². The van der Waals surface area contributed by atoms with Gasteiger partial charge in [-0.25, -0.2) is 0 Å². The fourth-order valence-corrected chi connectivity index (χ4v) is 2.17. The van der Waals surface area contributed by atoms with Crippen LogP contribution in [0.15, 0.2) is 18.2 Å². The van der Waals surface area contributed by atoms with E-state index in [0.29, 0.717) is 29.5 Å². The van der Waals surface area contributed by atoms with Crippen LogP contribution in [-0.2, 0) is 9.59 Å². The molecule has 0 fully saturated rings. The summed E-state index contributed by atoms with van der Waals surface area (Å²) in [5.41, 5.74) is 0.530. The van der Waals surface area contributed by atoms with E-state index in [4.69, 9.17) is 16.3 Å². The van der Waals surface area contributed by atoms with E-state index >= 15 is 0 Å². The largest absolute Gasteiger partial charge is 0.495 e. The lowest BCUT2D eigenvalue weighted by Gasteiger charge is -2.20. The molecule has 1 aromatic rings. The van der Waals surface area contributed by atoms with E-state index in [9.17, 15) is 9.59 Å². The predicted octanol–water partition coefficient (Wildman–Crippen LogP) is 3.33. The minimum absolute atomic E-state index is 0.0124. The van der Waals surface area contributed by atoms with Crippen molar-refractivity contribution < 1.29 is 14.3 Å². The minimum Gasteiger partial charge on any atom is -0.495 e. The van der Waals surface area contributed by atoms with Crippen LogP contribution in [0.4, 0.5) is 5.69 Å². The zero-order valence-corrected chi connectivity index (χ0v) is 14.1. The average molecular weight is 327 g/mol. The highest BCUT2D eigenvalue weighted by molar-refractivity contribution is 6.31. The van der Waals surface area contributed by atoms with E-state index in [1.165, 1.54) is 14.0 Å². The van der Waals surface area contributed by atoms with E-state index in [1.54, 1.807) is 23.1 Å². The molecule has 0 aliphatic heterocycles. The Labute approximate surface area is 136 Å². The molecule has 6 heteroatoms. The van der Waals surface area contributed by atoms with E-state index < -0.39 is 0 Å². The van der Waals surface area contributed by atoms with Crippen LogP contribution < -0.4 is 10.1 Å². The zero-order chi connectivity index (χ0) is 16.5. The summed E-state index contributed by atoms with van der Waals surface area (Å²) >= 11 is 5.92. The second-order valence-electron chi connectivity index (χ2n) is 5.00. The van der Waals surface area contributed by atoms with Gasteiger partial charge in [-0.3, -0.25) is 9.59 Å². The number of carbonyl (C=O) groups excluding carboxylic acids is 2. The van der Waals surface area contributed by atoms with Gasteiger partial charge in [-0.1, -0.05) is 24.9 Å². The third kappa shape index (κ3) is 5.93. The number of hydrogen-bond acceptors (Lipinski definition) is 3. The molecule has 0 radical (unpaired) electrons. The van der Waals surface area contributed by atoms with Crippen LogP contribution in [0.5, 0.6) is 5.75 Å². The van der Waals surface area contributed by atoms with Gasteiger partial charge < -0.3 is 15.0 Å². The van der Waals surface area contributed by atoms with Crippen molar-refractivity contribution in [1.82, 2.24) is 4.90 Å². The molecule has 0 unspecified atom stereocenters. The molecule has 0 heterocycles. The van der Waals surface area contributed by atoms with Gasteiger partial charge in [0.1, 0.15) is 5.75 Å². The molecule has 1 rings (SSSR count). The first-order chi connectivity index (χ1) is 10.5. The highest BCUT2D eigenvalue weighted by Gasteiger charge is 2.12. The Morgan fingerprint density at radius 2 is 2.05 bits per heavy atom. The number of carbonyl (C=O) groups is 2. The van der Waals surface area contributed by atoms with Gasteiger partial charge in [0.2, 0.25) is 11.8 Å². The van der Waals surface area contributed by atoms with Crippen molar-refractivity contribution in [3.8, 4) is 5.75 Å². The first-order valence-electron chi connectivity index (χ1n) is 7.36. The van der Waals surface area contributed by atoms with E-state index in [2.05, 4.69) is 12.2 Å². The molecule has 0 spiro atoms. The molecule has 122 valence electrons. The second-order valence-corrected chi connectivity index (χ2v) is 5.44. The van der Waals surface area contributed by atoms with Crippen LogP contribution >= 0.6 is 11.6 Å². The van der Waals surface area contributed by atoms with Crippen molar-refractivity contribution in [2.45, 2.75) is 33.1 Å². The number of benzene rings is 1. The Morgan fingerprint density at radius 3 is 2.64 bits per heavy atom. The van der Waals surface area contributed by atoms with E-state index in [-0.39, 0.29) is 18.2 Å². The van der Waals surface area contributed by atoms with E-state index in [0.717, 1.165) is 12.8 Å². The van der Waals surface area contributed by atoms with Crippen LogP contribution in [0.25, 0.3) is 0 Å². The summed E-state index contributed by atoms with van der Waals surface area (Å²) in [6.07, 6.45) is 2.18. The Morgan fingerprint density at radius 1 is 1.32 bits per heavy atom. The number of halogens is 1. The maximum absolute atomic E-state index is 12.0. The molecular formula is C16H23ClN2O3. The Hall–Kier alpha value is -1.75. The van der Waals surface area contributed by atoms with Crippen LogP contribution in [0.2, 0.25) is 5.02 Å². The highest BCUT2D eigenvalue weighted by atomic mass is 35.5. The normalized spacial score (nSPS) is 10.2. The molecule has 0 bridgehead atoms. The van der Waals surface area contributed by atoms with Crippen LogP contribution in [0.1, 0.15) is 33.1 Å². The standard InChI is InChI=1S/C16H23ClN2O3/c1-4-5-9-19(12(2)20)10-8-16(21)18-14-11-13(17)6-7-15(14)22-3/h6-7,11H,4-5,8-10H2,1-3H3,(H,18,21). The lowest BCUT2D eigenvalue weighted by molar-refractivity contribution is -0.129. The van der Waals surface area contributed by atoms with Gasteiger partial charge in [-0.2, -0.15) is 0 Å². The summed E-state index contributed by atoms with van der Waals surface area (Å²) in [6.45, 7) is 4.67. The molecule has 0 aliphatic rings. The maximum Gasteiger partial charge on any atom is 0.226 e. The summed E-state index contributed by atoms with van der Waals surface area (Å²) in [5.74, 6) is 0.358. The molecule has 1 aromatic carbocycles. The lowest BCUT2D eigenvalue weighted by atomic mass is 10.2. The van der Waals surface area contributed by atoms with Crippen LogP contribution in [0.3, 0.4) is 0 Å². The number of rotatable bonds is 8. The first-order valence-corrected chi connectivity index (χ1v) is 7.74. The summed E-state index contributed by atoms with van der Waals surface area (Å²) in [5, 5.41) is 3.28. The minimum atomic E-state index is -0.177. The first kappa shape index (κ1) is 18.3. The van der Waals surface area contributed by atoms with Crippen molar-refractivity contribution in [3.05, 3.63) is 23.2 Å². The van der Waals surface area contributed by atoms with Gasteiger partial charge in [0, 0.05) is 31.5 Å².